The third-order valence-corrected chi connectivity index (χ3v) is 5.21. The number of hydrogen-bond acceptors (Lipinski definition) is 6. The number of amides is 1. The summed E-state index contributed by atoms with van der Waals surface area (Å²) in [6.07, 6.45) is 4.73. The molecule has 0 spiro atoms. The average Bonchev–Trinajstić information content (AvgIpc) is 2.78. The molecule has 1 fully saturated rings. The zero-order valence-corrected chi connectivity index (χ0v) is 16.9. The summed E-state index contributed by atoms with van der Waals surface area (Å²) in [6.45, 7) is 3.19. The molecular weight excluding hydrogens is 407 g/mol. The molecule has 1 aliphatic heterocycles. The summed E-state index contributed by atoms with van der Waals surface area (Å²) in [5.41, 5.74) is 0.614. The van der Waals surface area contributed by atoms with E-state index in [1.54, 1.807) is 24.7 Å². The standard InChI is InChI=1S/C21H20ClFN6O/c22-17-4-3-5-18(23)16(17)12-20(30)27-15-13-25-21(26-14-15)29-10-8-28(9-11-29)19-6-1-2-7-24-19/h1-7,13-14H,8-12H2,(H,27,30). The van der Waals surface area contributed by atoms with E-state index in [-0.39, 0.29) is 22.9 Å². The first-order valence-corrected chi connectivity index (χ1v) is 9.93. The van der Waals surface area contributed by atoms with Crippen LogP contribution in [0.25, 0.3) is 0 Å². The van der Waals surface area contributed by atoms with E-state index in [9.17, 15) is 9.18 Å². The van der Waals surface area contributed by atoms with Crippen LogP contribution in [0.3, 0.4) is 0 Å². The molecule has 1 amide bonds. The Balaban J connectivity index is 1.33. The largest absolute Gasteiger partial charge is 0.353 e. The van der Waals surface area contributed by atoms with Gasteiger partial charge in [0.25, 0.3) is 0 Å². The van der Waals surface area contributed by atoms with Crippen molar-refractivity contribution < 1.29 is 9.18 Å². The second-order valence-corrected chi connectivity index (χ2v) is 7.27. The molecule has 1 aromatic carbocycles. The fraction of sp³-hybridized carbons (Fsp3) is 0.238. The van der Waals surface area contributed by atoms with Gasteiger partial charge in [-0.1, -0.05) is 23.7 Å². The number of carbonyl (C=O) groups is 1. The molecule has 0 radical (unpaired) electrons. The van der Waals surface area contributed by atoms with Crippen molar-refractivity contribution in [2.75, 3.05) is 41.3 Å². The van der Waals surface area contributed by atoms with E-state index >= 15 is 0 Å². The lowest BCUT2D eigenvalue weighted by Crippen LogP contribution is -2.47. The maximum Gasteiger partial charge on any atom is 0.229 e. The summed E-state index contributed by atoms with van der Waals surface area (Å²) in [5, 5.41) is 2.90. The highest BCUT2D eigenvalue weighted by Crippen LogP contribution is 2.20. The van der Waals surface area contributed by atoms with Gasteiger partial charge in [0.1, 0.15) is 11.6 Å². The molecule has 0 saturated carbocycles. The Morgan fingerprint density at radius 3 is 2.40 bits per heavy atom. The van der Waals surface area contributed by atoms with Crippen LogP contribution in [0, 0.1) is 5.82 Å². The van der Waals surface area contributed by atoms with Gasteiger partial charge in [0.2, 0.25) is 11.9 Å². The van der Waals surface area contributed by atoms with Gasteiger partial charge < -0.3 is 15.1 Å². The third kappa shape index (κ3) is 4.65. The number of halogens is 2. The molecule has 3 aromatic rings. The van der Waals surface area contributed by atoms with Gasteiger partial charge >= 0.3 is 0 Å². The lowest BCUT2D eigenvalue weighted by Gasteiger charge is -2.35. The highest BCUT2D eigenvalue weighted by Gasteiger charge is 2.20. The molecule has 30 heavy (non-hydrogen) atoms. The first kappa shape index (κ1) is 20.0. The number of piperazine rings is 1. The Hall–Kier alpha value is -3.26. The van der Waals surface area contributed by atoms with Crippen molar-refractivity contribution in [3.63, 3.8) is 0 Å². The molecule has 0 atom stereocenters. The predicted molar refractivity (Wildman–Crippen MR) is 114 cm³/mol. The van der Waals surface area contributed by atoms with Crippen LogP contribution in [0.4, 0.5) is 21.8 Å². The van der Waals surface area contributed by atoms with E-state index in [1.807, 2.05) is 18.2 Å². The van der Waals surface area contributed by atoms with Crippen LogP contribution >= 0.6 is 11.6 Å². The summed E-state index contributed by atoms with van der Waals surface area (Å²) >= 11 is 5.98. The number of anilines is 3. The Morgan fingerprint density at radius 2 is 1.73 bits per heavy atom. The summed E-state index contributed by atoms with van der Waals surface area (Å²) in [6, 6.07) is 10.2. The Kier molecular flexibility index (Phi) is 6.04. The van der Waals surface area contributed by atoms with Crippen molar-refractivity contribution in [1.29, 1.82) is 0 Å². The summed E-state index contributed by atoms with van der Waals surface area (Å²) in [5.74, 6) is 0.674. The quantitative estimate of drug-likeness (QED) is 0.675. The number of nitrogens with zero attached hydrogens (tertiary/aromatic N) is 5. The highest BCUT2D eigenvalue weighted by atomic mass is 35.5. The van der Waals surface area contributed by atoms with E-state index in [0.717, 1.165) is 32.0 Å². The zero-order valence-electron chi connectivity index (χ0n) is 16.1. The van der Waals surface area contributed by atoms with Crippen LogP contribution < -0.4 is 15.1 Å². The molecule has 1 aliphatic rings. The van der Waals surface area contributed by atoms with Crippen molar-refractivity contribution >= 4 is 35.0 Å². The van der Waals surface area contributed by atoms with Crippen LogP contribution in [0.5, 0.6) is 0 Å². The SMILES string of the molecule is O=C(Cc1c(F)cccc1Cl)Nc1cnc(N2CCN(c3ccccn3)CC2)nc1. The van der Waals surface area contributed by atoms with E-state index in [2.05, 4.69) is 30.1 Å². The summed E-state index contributed by atoms with van der Waals surface area (Å²) < 4.78 is 13.8. The molecule has 1 saturated heterocycles. The number of hydrogen-bond donors (Lipinski definition) is 1. The molecule has 154 valence electrons. The van der Waals surface area contributed by atoms with E-state index in [1.165, 1.54) is 12.1 Å². The number of rotatable bonds is 5. The molecule has 9 heteroatoms. The fourth-order valence-corrected chi connectivity index (χ4v) is 3.52. The van der Waals surface area contributed by atoms with Gasteiger partial charge in [0.05, 0.1) is 24.5 Å². The van der Waals surface area contributed by atoms with Crippen molar-refractivity contribution in [3.05, 3.63) is 71.4 Å². The number of pyridine rings is 1. The first-order valence-electron chi connectivity index (χ1n) is 9.56. The topological polar surface area (TPSA) is 74.2 Å². The minimum atomic E-state index is -0.505. The maximum absolute atomic E-state index is 13.8. The molecule has 4 rings (SSSR count). The Bertz CT molecular complexity index is 990. The van der Waals surface area contributed by atoms with Crippen molar-refractivity contribution in [3.8, 4) is 0 Å². The molecule has 2 aromatic heterocycles. The van der Waals surface area contributed by atoms with Gasteiger partial charge in [0, 0.05) is 43.0 Å². The minimum absolute atomic E-state index is 0.164. The van der Waals surface area contributed by atoms with Gasteiger partial charge in [-0.05, 0) is 24.3 Å². The van der Waals surface area contributed by atoms with Crippen molar-refractivity contribution in [2.45, 2.75) is 6.42 Å². The average molecular weight is 427 g/mol. The highest BCUT2D eigenvalue weighted by molar-refractivity contribution is 6.31. The molecule has 7 nitrogen and oxygen atoms in total. The smallest absolute Gasteiger partial charge is 0.229 e. The molecule has 0 aliphatic carbocycles. The van der Waals surface area contributed by atoms with Crippen molar-refractivity contribution in [2.24, 2.45) is 0 Å². The van der Waals surface area contributed by atoms with Crippen LogP contribution in [0.2, 0.25) is 5.02 Å². The van der Waals surface area contributed by atoms with Crippen LogP contribution in [-0.2, 0) is 11.2 Å². The van der Waals surface area contributed by atoms with Crippen LogP contribution in [-0.4, -0.2) is 47.0 Å². The second kappa shape index (κ2) is 9.04. The number of benzene rings is 1. The lowest BCUT2D eigenvalue weighted by atomic mass is 10.1. The molecule has 0 unspecified atom stereocenters. The Labute approximate surface area is 178 Å². The van der Waals surface area contributed by atoms with Gasteiger partial charge in [0.15, 0.2) is 0 Å². The van der Waals surface area contributed by atoms with E-state index in [0.29, 0.717) is 11.6 Å². The van der Waals surface area contributed by atoms with E-state index in [4.69, 9.17) is 11.6 Å². The number of aromatic nitrogens is 3. The molecule has 1 N–H and O–H groups in total. The van der Waals surface area contributed by atoms with Gasteiger partial charge in [-0.3, -0.25) is 4.79 Å². The number of carbonyl (C=O) groups excluding carboxylic acids is 1. The van der Waals surface area contributed by atoms with E-state index < -0.39 is 5.82 Å². The molecular formula is C21H20ClFN6O. The minimum Gasteiger partial charge on any atom is -0.353 e. The predicted octanol–water partition coefficient (Wildman–Crippen LogP) is 3.17. The van der Waals surface area contributed by atoms with Gasteiger partial charge in [-0.15, -0.1) is 0 Å². The Morgan fingerprint density at radius 1 is 1.00 bits per heavy atom. The maximum atomic E-state index is 13.8. The van der Waals surface area contributed by atoms with Crippen molar-refractivity contribution in [1.82, 2.24) is 15.0 Å². The van der Waals surface area contributed by atoms with Crippen LogP contribution in [0.1, 0.15) is 5.56 Å². The lowest BCUT2D eigenvalue weighted by molar-refractivity contribution is -0.115. The van der Waals surface area contributed by atoms with Gasteiger partial charge in [-0.2, -0.15) is 0 Å². The normalized spacial score (nSPS) is 13.9. The molecule has 0 bridgehead atoms. The summed E-state index contributed by atoms with van der Waals surface area (Å²) in [7, 11) is 0. The zero-order chi connectivity index (χ0) is 20.9. The first-order chi connectivity index (χ1) is 14.6. The molecule has 3 heterocycles. The second-order valence-electron chi connectivity index (χ2n) is 6.86. The number of nitrogens with one attached hydrogen (secondary N) is 1. The fourth-order valence-electron chi connectivity index (χ4n) is 3.29. The summed E-state index contributed by atoms with van der Waals surface area (Å²) in [4.78, 5) is 29.6. The van der Waals surface area contributed by atoms with Gasteiger partial charge in [-0.25, -0.2) is 19.3 Å². The monoisotopic (exact) mass is 426 g/mol. The van der Waals surface area contributed by atoms with Crippen LogP contribution in [0.15, 0.2) is 55.0 Å². The third-order valence-electron chi connectivity index (χ3n) is 4.86.